The summed E-state index contributed by atoms with van der Waals surface area (Å²) in [4.78, 5) is 30.7. The van der Waals surface area contributed by atoms with Crippen molar-refractivity contribution in [3.05, 3.63) is 107 Å². The topological polar surface area (TPSA) is 82.6 Å². The van der Waals surface area contributed by atoms with Crippen LogP contribution in [0.5, 0.6) is 5.75 Å². The zero-order valence-corrected chi connectivity index (χ0v) is 19.5. The zero-order chi connectivity index (χ0) is 26.3. The number of hydrogen-bond acceptors (Lipinski definition) is 4. The molecule has 1 saturated heterocycles. The Labute approximate surface area is 209 Å². The first-order valence-corrected chi connectivity index (χ1v) is 11.3. The smallest absolute Gasteiger partial charge is 0.416 e. The number of nitrogens with zero attached hydrogens (tertiary/aromatic N) is 1. The SMILES string of the molecule is COc1ccc(C2/C(=C(/O)c3c[nH]c4ccccc34)C(=O)C(=O)N2Cc2cccc(C(F)(F)F)c2)cc1. The number of ether oxygens (including phenoxy) is 1. The lowest BCUT2D eigenvalue weighted by molar-refractivity contribution is -0.140. The quantitative estimate of drug-likeness (QED) is 0.203. The number of aliphatic hydroxyl groups excluding tert-OH is 1. The van der Waals surface area contributed by atoms with Crippen LogP contribution in [0.3, 0.4) is 0 Å². The van der Waals surface area contributed by atoms with Gasteiger partial charge in [0.25, 0.3) is 11.7 Å². The molecule has 188 valence electrons. The average Bonchev–Trinajstić information content (AvgIpc) is 3.43. The van der Waals surface area contributed by atoms with Crippen molar-refractivity contribution in [1.82, 2.24) is 9.88 Å². The number of H-pyrrole nitrogens is 1. The van der Waals surface area contributed by atoms with E-state index in [0.717, 1.165) is 17.6 Å². The maximum absolute atomic E-state index is 13.3. The third-order valence-electron chi connectivity index (χ3n) is 6.42. The van der Waals surface area contributed by atoms with Gasteiger partial charge in [-0.3, -0.25) is 9.59 Å². The number of carbonyl (C=O) groups excluding carboxylic acids is 2. The van der Waals surface area contributed by atoms with E-state index < -0.39 is 29.5 Å². The van der Waals surface area contributed by atoms with E-state index in [0.29, 0.717) is 22.3 Å². The van der Waals surface area contributed by atoms with E-state index in [-0.39, 0.29) is 23.4 Å². The number of aliphatic hydroxyl groups is 1. The molecule has 2 N–H and O–H groups in total. The molecule has 9 heteroatoms. The van der Waals surface area contributed by atoms with Crippen LogP contribution in [0.25, 0.3) is 16.7 Å². The van der Waals surface area contributed by atoms with Crippen molar-refractivity contribution in [2.45, 2.75) is 18.8 Å². The number of rotatable bonds is 5. The Morgan fingerprint density at radius 2 is 1.76 bits per heavy atom. The van der Waals surface area contributed by atoms with Crippen LogP contribution >= 0.6 is 0 Å². The summed E-state index contributed by atoms with van der Waals surface area (Å²) in [6.45, 7) is -0.268. The first-order chi connectivity index (χ1) is 17.7. The van der Waals surface area contributed by atoms with Gasteiger partial charge < -0.3 is 19.7 Å². The summed E-state index contributed by atoms with van der Waals surface area (Å²) < 4.78 is 45.1. The summed E-state index contributed by atoms with van der Waals surface area (Å²) >= 11 is 0. The van der Waals surface area contributed by atoms with E-state index in [1.54, 1.807) is 48.7 Å². The first kappa shape index (κ1) is 24.2. The van der Waals surface area contributed by atoms with Gasteiger partial charge in [0.15, 0.2) is 0 Å². The second kappa shape index (κ2) is 9.16. The third-order valence-corrected chi connectivity index (χ3v) is 6.42. The number of fused-ring (bicyclic) bond motifs is 1. The van der Waals surface area contributed by atoms with Gasteiger partial charge in [-0.1, -0.05) is 42.5 Å². The van der Waals surface area contributed by atoms with Crippen LogP contribution in [0.1, 0.15) is 28.3 Å². The van der Waals surface area contributed by atoms with E-state index in [2.05, 4.69) is 4.98 Å². The average molecular weight is 506 g/mol. The number of hydrogen-bond donors (Lipinski definition) is 2. The molecule has 1 aliphatic heterocycles. The van der Waals surface area contributed by atoms with E-state index >= 15 is 0 Å². The highest BCUT2D eigenvalue weighted by Crippen LogP contribution is 2.42. The molecule has 1 fully saturated rings. The third kappa shape index (κ3) is 4.33. The van der Waals surface area contributed by atoms with Gasteiger partial charge >= 0.3 is 6.18 Å². The van der Waals surface area contributed by atoms with Gasteiger partial charge in [-0.15, -0.1) is 0 Å². The van der Waals surface area contributed by atoms with Crippen molar-refractivity contribution >= 4 is 28.4 Å². The molecule has 0 aliphatic carbocycles. The van der Waals surface area contributed by atoms with E-state index in [1.165, 1.54) is 24.1 Å². The highest BCUT2D eigenvalue weighted by Gasteiger charge is 2.46. The molecule has 0 saturated carbocycles. The standard InChI is InChI=1S/C28H21F3N2O4/c1-37-19-11-9-17(10-12-19)24-23(25(34)21-14-32-22-8-3-2-7-20(21)22)26(35)27(36)33(24)15-16-5-4-6-18(13-16)28(29,30)31/h2-14,24,32,34H,15H2,1H3/b25-23-. The Balaban J connectivity index is 1.65. The van der Waals surface area contributed by atoms with Crippen LogP contribution in [0.4, 0.5) is 13.2 Å². The van der Waals surface area contributed by atoms with Gasteiger partial charge in [-0.2, -0.15) is 13.2 Å². The number of alkyl halides is 3. The van der Waals surface area contributed by atoms with Gasteiger partial charge in [0, 0.05) is 29.2 Å². The molecule has 0 radical (unpaired) electrons. The van der Waals surface area contributed by atoms with E-state index in [1.807, 2.05) is 6.07 Å². The number of amides is 1. The molecule has 0 spiro atoms. The molecule has 5 rings (SSSR count). The molecule has 1 aromatic heterocycles. The number of ketones is 1. The summed E-state index contributed by atoms with van der Waals surface area (Å²) in [6.07, 6.45) is -3.01. The largest absolute Gasteiger partial charge is 0.507 e. The van der Waals surface area contributed by atoms with Gasteiger partial charge in [0.1, 0.15) is 11.5 Å². The normalized spacial score (nSPS) is 17.5. The van der Waals surface area contributed by atoms with Gasteiger partial charge in [0.2, 0.25) is 0 Å². The number of carbonyl (C=O) groups is 2. The predicted octanol–water partition coefficient (Wildman–Crippen LogP) is 5.82. The Bertz CT molecular complexity index is 1540. The second-order valence-corrected chi connectivity index (χ2v) is 8.65. The molecule has 1 aliphatic rings. The van der Waals surface area contributed by atoms with Crippen LogP contribution < -0.4 is 4.74 Å². The Morgan fingerprint density at radius 1 is 1.03 bits per heavy atom. The molecule has 2 heterocycles. The van der Waals surface area contributed by atoms with Crippen LogP contribution in [-0.4, -0.2) is 33.8 Å². The summed E-state index contributed by atoms with van der Waals surface area (Å²) in [6, 6.07) is 17.3. The number of para-hydroxylation sites is 1. The minimum atomic E-state index is -4.56. The fourth-order valence-electron chi connectivity index (χ4n) is 4.63. The Kier molecular flexibility index (Phi) is 5.99. The summed E-state index contributed by atoms with van der Waals surface area (Å²) in [5.74, 6) is -1.67. The number of halogens is 3. The van der Waals surface area contributed by atoms with Crippen molar-refractivity contribution in [1.29, 1.82) is 0 Å². The van der Waals surface area contributed by atoms with Crippen LogP contribution in [0.15, 0.2) is 84.6 Å². The molecular weight excluding hydrogens is 485 g/mol. The van der Waals surface area contributed by atoms with Gasteiger partial charge in [0.05, 0.1) is 24.3 Å². The van der Waals surface area contributed by atoms with Crippen molar-refractivity contribution in [3.63, 3.8) is 0 Å². The van der Waals surface area contributed by atoms with Crippen LogP contribution in [0.2, 0.25) is 0 Å². The zero-order valence-electron chi connectivity index (χ0n) is 19.5. The molecular formula is C28H21F3N2O4. The molecule has 1 amide bonds. The number of methoxy groups -OCH3 is 1. The lowest BCUT2D eigenvalue weighted by Gasteiger charge is -2.26. The minimum Gasteiger partial charge on any atom is -0.507 e. The van der Waals surface area contributed by atoms with Crippen molar-refractivity contribution in [2.24, 2.45) is 0 Å². The molecule has 4 aromatic rings. The molecule has 37 heavy (non-hydrogen) atoms. The Hall–Kier alpha value is -4.53. The van der Waals surface area contributed by atoms with Gasteiger partial charge in [-0.05, 0) is 41.5 Å². The highest BCUT2D eigenvalue weighted by atomic mass is 19.4. The van der Waals surface area contributed by atoms with Crippen molar-refractivity contribution < 1.29 is 32.6 Å². The maximum atomic E-state index is 13.3. The van der Waals surface area contributed by atoms with Gasteiger partial charge in [-0.25, -0.2) is 0 Å². The number of nitrogens with one attached hydrogen (secondary N) is 1. The minimum absolute atomic E-state index is 0.146. The summed E-state index contributed by atoms with van der Waals surface area (Å²) in [5, 5.41) is 12.0. The van der Waals surface area contributed by atoms with E-state index in [9.17, 15) is 27.9 Å². The molecule has 6 nitrogen and oxygen atoms in total. The van der Waals surface area contributed by atoms with Crippen LogP contribution in [-0.2, 0) is 22.3 Å². The fourth-order valence-corrected chi connectivity index (χ4v) is 4.63. The second-order valence-electron chi connectivity index (χ2n) is 8.65. The molecule has 1 unspecified atom stereocenters. The lowest BCUT2D eigenvalue weighted by atomic mass is 9.95. The lowest BCUT2D eigenvalue weighted by Crippen LogP contribution is -2.29. The predicted molar refractivity (Wildman–Crippen MR) is 131 cm³/mol. The summed E-state index contributed by atoms with van der Waals surface area (Å²) in [7, 11) is 1.49. The number of likely N-dealkylation sites (tertiary alicyclic amines) is 1. The summed E-state index contributed by atoms with van der Waals surface area (Å²) in [5.41, 5.74) is 0.749. The molecule has 0 bridgehead atoms. The number of aromatic amines is 1. The van der Waals surface area contributed by atoms with Crippen molar-refractivity contribution in [2.75, 3.05) is 7.11 Å². The van der Waals surface area contributed by atoms with Crippen molar-refractivity contribution in [3.8, 4) is 5.75 Å². The Morgan fingerprint density at radius 3 is 2.46 bits per heavy atom. The molecule has 3 aromatic carbocycles. The molecule has 1 atom stereocenters. The number of Topliss-reactive ketones (excluding diaryl/α,β-unsaturated/α-hetero) is 1. The maximum Gasteiger partial charge on any atom is 0.416 e. The highest BCUT2D eigenvalue weighted by molar-refractivity contribution is 6.46. The number of aromatic nitrogens is 1. The fraction of sp³-hybridized carbons (Fsp3) is 0.143. The number of benzene rings is 3. The van der Waals surface area contributed by atoms with E-state index in [4.69, 9.17) is 4.74 Å². The first-order valence-electron chi connectivity index (χ1n) is 11.3. The van der Waals surface area contributed by atoms with Crippen LogP contribution in [0, 0.1) is 0 Å². The monoisotopic (exact) mass is 506 g/mol.